The predicted molar refractivity (Wildman–Crippen MR) is 152 cm³/mol. The molecule has 1 saturated heterocycles. The topological polar surface area (TPSA) is 83.9 Å². The third-order valence-corrected chi connectivity index (χ3v) is 7.68. The van der Waals surface area contributed by atoms with Crippen molar-refractivity contribution in [3.8, 4) is 11.5 Å². The minimum Gasteiger partial charge on any atom is -0.507 e. The first-order valence-electron chi connectivity index (χ1n) is 12.9. The number of fused-ring (bicyclic) bond motifs is 1. The highest BCUT2D eigenvalue weighted by atomic mass is 35.5. The molecule has 0 radical (unpaired) electrons. The average Bonchev–Trinajstić information content (AvgIpc) is 3.31. The van der Waals surface area contributed by atoms with E-state index < -0.39 is 17.6 Å². The molecule has 12 heteroatoms. The molecule has 1 fully saturated rings. The van der Waals surface area contributed by atoms with Crippen LogP contribution in [0.4, 0.5) is 18.3 Å². The van der Waals surface area contributed by atoms with Crippen molar-refractivity contribution in [2.75, 3.05) is 18.4 Å². The highest BCUT2D eigenvalue weighted by molar-refractivity contribution is 7.22. The van der Waals surface area contributed by atoms with Gasteiger partial charge in [0.25, 0.3) is 5.91 Å². The number of hydrogen-bond donors (Lipinski definition) is 2. The SMILES string of the molecule is CC1CN(Cc2cc(Cl)cc(C(=O)Nc3nc4c(COc5ccccc5)cc(C(F)(F)F)cc4s3)c2O)C[C@@H](C)O1. The Kier molecular flexibility index (Phi) is 8.42. The van der Waals surface area contributed by atoms with Gasteiger partial charge in [-0.2, -0.15) is 13.2 Å². The molecule has 3 aromatic carbocycles. The highest BCUT2D eigenvalue weighted by Gasteiger charge is 2.32. The predicted octanol–water partition coefficient (Wildman–Crippen LogP) is 7.11. The molecule has 1 amide bonds. The van der Waals surface area contributed by atoms with Gasteiger partial charge in [-0.1, -0.05) is 41.1 Å². The molecular formula is C29H27ClF3N3O4S. The number of anilines is 1. The summed E-state index contributed by atoms with van der Waals surface area (Å²) in [6.45, 7) is 5.44. The van der Waals surface area contributed by atoms with Crippen molar-refractivity contribution in [3.05, 3.63) is 81.9 Å². The molecule has 5 rings (SSSR count). The number of aromatic hydroxyl groups is 1. The summed E-state index contributed by atoms with van der Waals surface area (Å²) >= 11 is 7.20. The fraction of sp³-hybridized carbons (Fsp3) is 0.310. The van der Waals surface area contributed by atoms with E-state index in [2.05, 4.69) is 15.2 Å². The van der Waals surface area contributed by atoms with Crippen LogP contribution in [0.5, 0.6) is 11.5 Å². The van der Waals surface area contributed by atoms with E-state index in [9.17, 15) is 23.1 Å². The van der Waals surface area contributed by atoms with Gasteiger partial charge in [0, 0.05) is 35.8 Å². The van der Waals surface area contributed by atoms with Crippen LogP contribution in [0.15, 0.2) is 54.6 Å². The summed E-state index contributed by atoms with van der Waals surface area (Å²) in [5.74, 6) is -0.418. The molecule has 0 saturated carbocycles. The molecule has 1 aliphatic heterocycles. The zero-order valence-electron chi connectivity index (χ0n) is 22.2. The number of nitrogens with one attached hydrogen (secondary N) is 1. The smallest absolute Gasteiger partial charge is 0.416 e. The van der Waals surface area contributed by atoms with E-state index >= 15 is 0 Å². The van der Waals surface area contributed by atoms with Crippen LogP contribution < -0.4 is 10.1 Å². The first-order valence-corrected chi connectivity index (χ1v) is 14.0. The standard InChI is InChI=1S/C29H27ClF3N3O4S/c1-16-12-36(13-17(2)40-16)14-18-9-21(30)11-23(26(18)37)27(38)35-28-34-25-19(15-39-22-6-4-3-5-7-22)8-20(29(31,32)33)10-24(25)41-28/h3-11,16-17,37H,12-15H2,1-2H3,(H,34,35,38)/t16-,17?/m1/s1. The molecule has 0 aliphatic carbocycles. The van der Waals surface area contributed by atoms with Crippen molar-refractivity contribution >= 4 is 44.2 Å². The molecule has 1 aliphatic rings. The number of para-hydroxylation sites is 1. The lowest BCUT2D eigenvalue weighted by atomic mass is 10.1. The first-order chi connectivity index (χ1) is 19.5. The number of benzene rings is 3. The zero-order chi connectivity index (χ0) is 29.3. The van der Waals surface area contributed by atoms with E-state index in [1.165, 1.54) is 6.07 Å². The van der Waals surface area contributed by atoms with Crippen molar-refractivity contribution < 1.29 is 32.5 Å². The van der Waals surface area contributed by atoms with Crippen LogP contribution >= 0.6 is 22.9 Å². The van der Waals surface area contributed by atoms with Crippen LogP contribution in [0.25, 0.3) is 10.2 Å². The zero-order valence-corrected chi connectivity index (χ0v) is 23.7. The summed E-state index contributed by atoms with van der Waals surface area (Å²) in [5, 5.41) is 13.9. The van der Waals surface area contributed by atoms with Gasteiger partial charge in [-0.05, 0) is 50.2 Å². The Balaban J connectivity index is 1.41. The van der Waals surface area contributed by atoms with E-state index in [0.29, 0.717) is 30.9 Å². The minimum absolute atomic E-state index is 0.0164. The second-order valence-corrected chi connectivity index (χ2v) is 11.4. The lowest BCUT2D eigenvalue weighted by Gasteiger charge is -2.35. The molecule has 1 aromatic heterocycles. The van der Waals surface area contributed by atoms with Gasteiger partial charge in [-0.15, -0.1) is 0 Å². The molecule has 7 nitrogen and oxygen atoms in total. The lowest BCUT2D eigenvalue weighted by molar-refractivity contribution is -0.137. The van der Waals surface area contributed by atoms with E-state index in [-0.39, 0.29) is 56.1 Å². The number of carbonyl (C=O) groups is 1. The molecule has 1 unspecified atom stereocenters. The number of nitrogens with zero attached hydrogens (tertiary/aromatic N) is 2. The van der Waals surface area contributed by atoms with E-state index in [1.54, 1.807) is 36.4 Å². The molecule has 0 spiro atoms. The molecule has 2 N–H and O–H groups in total. The third kappa shape index (κ3) is 6.92. The highest BCUT2D eigenvalue weighted by Crippen LogP contribution is 2.37. The number of carbonyl (C=O) groups excluding carboxylic acids is 1. The quantitative estimate of drug-likeness (QED) is 0.233. The van der Waals surface area contributed by atoms with Gasteiger partial charge >= 0.3 is 6.18 Å². The average molecular weight is 606 g/mol. The van der Waals surface area contributed by atoms with Crippen LogP contribution in [0, 0.1) is 0 Å². The van der Waals surface area contributed by atoms with Crippen LogP contribution in [-0.2, 0) is 24.1 Å². The molecule has 2 heterocycles. The van der Waals surface area contributed by atoms with Gasteiger partial charge < -0.3 is 14.6 Å². The molecule has 0 bridgehead atoms. The van der Waals surface area contributed by atoms with Crippen molar-refractivity contribution in [2.45, 2.75) is 45.4 Å². The Morgan fingerprint density at radius 1 is 1.15 bits per heavy atom. The van der Waals surface area contributed by atoms with Gasteiger partial charge in [0.15, 0.2) is 5.13 Å². The number of halogens is 4. The number of amides is 1. The van der Waals surface area contributed by atoms with Crippen molar-refractivity contribution in [3.63, 3.8) is 0 Å². The number of ether oxygens (including phenoxy) is 2. The summed E-state index contributed by atoms with van der Waals surface area (Å²) in [6.07, 6.45) is -4.55. The molecule has 2 atom stereocenters. The summed E-state index contributed by atoms with van der Waals surface area (Å²) in [4.78, 5) is 19.7. The number of phenolic OH excluding ortho intramolecular Hbond substituents is 1. The van der Waals surface area contributed by atoms with Crippen LogP contribution in [0.1, 0.15) is 40.9 Å². The molecule has 216 valence electrons. The first kappa shape index (κ1) is 29.1. The number of hydrogen-bond acceptors (Lipinski definition) is 7. The summed E-state index contributed by atoms with van der Waals surface area (Å²) in [5.41, 5.74) is 0.0632. The number of thiazole rings is 1. The Bertz CT molecular complexity index is 1550. The maximum atomic E-state index is 13.7. The van der Waals surface area contributed by atoms with E-state index in [4.69, 9.17) is 21.1 Å². The van der Waals surface area contributed by atoms with Gasteiger partial charge in [-0.3, -0.25) is 15.0 Å². The Hall–Kier alpha value is -3.38. The second-order valence-electron chi connectivity index (χ2n) is 9.97. The molecule has 41 heavy (non-hydrogen) atoms. The van der Waals surface area contributed by atoms with E-state index in [0.717, 1.165) is 23.5 Å². The van der Waals surface area contributed by atoms with Crippen LogP contribution in [-0.4, -0.2) is 46.2 Å². The second kappa shape index (κ2) is 11.8. The van der Waals surface area contributed by atoms with Gasteiger partial charge in [0.1, 0.15) is 18.1 Å². The fourth-order valence-electron chi connectivity index (χ4n) is 4.87. The monoisotopic (exact) mass is 605 g/mol. The number of aromatic nitrogens is 1. The number of alkyl halides is 3. The van der Waals surface area contributed by atoms with Crippen LogP contribution in [0.3, 0.4) is 0 Å². The summed E-state index contributed by atoms with van der Waals surface area (Å²) in [6, 6.07) is 13.6. The van der Waals surface area contributed by atoms with E-state index in [1.807, 2.05) is 13.8 Å². The van der Waals surface area contributed by atoms with Gasteiger partial charge in [-0.25, -0.2) is 4.98 Å². The molecule has 4 aromatic rings. The van der Waals surface area contributed by atoms with Crippen LogP contribution in [0.2, 0.25) is 5.02 Å². The fourth-order valence-corrected chi connectivity index (χ4v) is 6.06. The Morgan fingerprint density at radius 3 is 2.54 bits per heavy atom. The van der Waals surface area contributed by atoms with Crippen molar-refractivity contribution in [1.82, 2.24) is 9.88 Å². The Morgan fingerprint density at radius 2 is 1.85 bits per heavy atom. The summed E-state index contributed by atoms with van der Waals surface area (Å²) < 4.78 is 52.6. The number of phenols is 1. The van der Waals surface area contributed by atoms with Crippen molar-refractivity contribution in [2.24, 2.45) is 0 Å². The lowest BCUT2D eigenvalue weighted by Crippen LogP contribution is -2.44. The number of rotatable bonds is 7. The number of morpholine rings is 1. The minimum atomic E-state index is -4.58. The summed E-state index contributed by atoms with van der Waals surface area (Å²) in [7, 11) is 0. The largest absolute Gasteiger partial charge is 0.507 e. The maximum absolute atomic E-state index is 13.7. The van der Waals surface area contributed by atoms with Gasteiger partial charge in [0.05, 0.1) is 33.6 Å². The van der Waals surface area contributed by atoms with Gasteiger partial charge in [0.2, 0.25) is 0 Å². The maximum Gasteiger partial charge on any atom is 0.416 e. The Labute approximate surface area is 243 Å². The third-order valence-electron chi connectivity index (χ3n) is 6.55. The van der Waals surface area contributed by atoms with Crippen molar-refractivity contribution in [1.29, 1.82) is 0 Å². The normalized spacial score (nSPS) is 18.0. The molecular weight excluding hydrogens is 579 g/mol.